The third kappa shape index (κ3) is 2.17. The van der Waals surface area contributed by atoms with Crippen molar-refractivity contribution in [1.82, 2.24) is 15.2 Å². The molecule has 4 aromatic rings. The van der Waals surface area contributed by atoms with Gasteiger partial charge in [-0.05, 0) is 30.7 Å². The van der Waals surface area contributed by atoms with E-state index in [4.69, 9.17) is 4.74 Å². The van der Waals surface area contributed by atoms with Crippen molar-refractivity contribution in [3.8, 4) is 11.1 Å². The first-order valence-electron chi connectivity index (χ1n) is 7.49. The summed E-state index contributed by atoms with van der Waals surface area (Å²) < 4.78 is 5.20. The molecule has 0 radical (unpaired) electrons. The van der Waals surface area contributed by atoms with E-state index in [0.717, 1.165) is 32.9 Å². The maximum absolute atomic E-state index is 12.4. The summed E-state index contributed by atoms with van der Waals surface area (Å²) in [6, 6.07) is 13.8. The Morgan fingerprint density at radius 3 is 2.91 bits per heavy atom. The number of carbonyl (C=O) groups is 1. The molecule has 0 saturated carbocycles. The minimum Gasteiger partial charge on any atom is -0.461 e. The minimum absolute atomic E-state index is 0.342. The van der Waals surface area contributed by atoms with E-state index in [1.54, 1.807) is 13.1 Å². The third-order valence-electron chi connectivity index (χ3n) is 3.91. The van der Waals surface area contributed by atoms with Gasteiger partial charge in [-0.2, -0.15) is 5.10 Å². The number of ether oxygens (including phenoxy) is 1. The van der Waals surface area contributed by atoms with Crippen LogP contribution in [0.2, 0.25) is 0 Å². The fourth-order valence-electron chi connectivity index (χ4n) is 2.90. The van der Waals surface area contributed by atoms with E-state index in [1.807, 2.05) is 42.5 Å². The molecule has 5 heteroatoms. The summed E-state index contributed by atoms with van der Waals surface area (Å²) >= 11 is 0. The van der Waals surface area contributed by atoms with Gasteiger partial charge in [0.05, 0.1) is 18.3 Å². The number of hydrogen-bond donors (Lipinski definition) is 2. The molecule has 0 amide bonds. The fourth-order valence-corrected chi connectivity index (χ4v) is 2.90. The van der Waals surface area contributed by atoms with E-state index in [-0.39, 0.29) is 5.97 Å². The maximum Gasteiger partial charge on any atom is 0.355 e. The summed E-state index contributed by atoms with van der Waals surface area (Å²) in [5.74, 6) is -0.342. The van der Waals surface area contributed by atoms with Crippen molar-refractivity contribution in [3.63, 3.8) is 0 Å². The molecule has 0 aliphatic carbocycles. The SMILES string of the molecule is CCOC(=O)c1[nH]c2ccccc2c1-c1ccc2[nH]ncc2c1. The summed E-state index contributed by atoms with van der Waals surface area (Å²) in [5, 5.41) is 8.99. The lowest BCUT2D eigenvalue weighted by Gasteiger charge is -2.05. The third-order valence-corrected chi connectivity index (χ3v) is 3.91. The molecule has 0 unspecified atom stereocenters. The second-order valence-electron chi connectivity index (χ2n) is 5.31. The van der Waals surface area contributed by atoms with Crippen LogP contribution in [-0.4, -0.2) is 27.8 Å². The predicted octanol–water partition coefficient (Wildman–Crippen LogP) is 3.89. The molecular weight excluding hydrogens is 290 g/mol. The summed E-state index contributed by atoms with van der Waals surface area (Å²) in [6.45, 7) is 2.15. The lowest BCUT2D eigenvalue weighted by atomic mass is 10.0. The molecule has 2 N–H and O–H groups in total. The van der Waals surface area contributed by atoms with E-state index in [9.17, 15) is 4.79 Å². The first kappa shape index (κ1) is 13.6. The number of carbonyl (C=O) groups excluding carboxylic acids is 1. The van der Waals surface area contributed by atoms with Crippen LogP contribution in [0.25, 0.3) is 32.9 Å². The number of rotatable bonds is 3. The molecule has 5 nitrogen and oxygen atoms in total. The van der Waals surface area contributed by atoms with Crippen LogP contribution in [0.15, 0.2) is 48.7 Å². The van der Waals surface area contributed by atoms with Crippen LogP contribution in [0, 0.1) is 0 Å². The number of fused-ring (bicyclic) bond motifs is 2. The Morgan fingerprint density at radius 2 is 2.04 bits per heavy atom. The zero-order chi connectivity index (χ0) is 15.8. The zero-order valence-corrected chi connectivity index (χ0v) is 12.6. The number of para-hydroxylation sites is 1. The fraction of sp³-hybridized carbons (Fsp3) is 0.111. The Hall–Kier alpha value is -3.08. The molecular formula is C18H15N3O2. The molecule has 4 rings (SSSR count). The van der Waals surface area contributed by atoms with Crippen LogP contribution in [0.5, 0.6) is 0 Å². The molecule has 0 bridgehead atoms. The second kappa shape index (κ2) is 5.28. The molecule has 0 atom stereocenters. The van der Waals surface area contributed by atoms with Gasteiger partial charge in [0.15, 0.2) is 0 Å². The standard InChI is InChI=1S/C18H15N3O2/c1-2-23-18(22)17-16(13-5-3-4-6-15(13)20-17)11-7-8-14-12(9-11)10-19-21-14/h3-10,20H,2H2,1H3,(H,19,21). The van der Waals surface area contributed by atoms with Crippen molar-refractivity contribution in [2.24, 2.45) is 0 Å². The van der Waals surface area contributed by atoms with Crippen LogP contribution in [0.1, 0.15) is 17.4 Å². The zero-order valence-electron chi connectivity index (χ0n) is 12.6. The van der Waals surface area contributed by atoms with Gasteiger partial charge in [-0.25, -0.2) is 4.79 Å². The van der Waals surface area contributed by atoms with Gasteiger partial charge in [-0.3, -0.25) is 5.10 Å². The Bertz CT molecular complexity index is 1010. The minimum atomic E-state index is -0.342. The van der Waals surface area contributed by atoms with Crippen molar-refractivity contribution in [2.45, 2.75) is 6.92 Å². The lowest BCUT2D eigenvalue weighted by molar-refractivity contribution is 0.0521. The number of esters is 1. The number of benzene rings is 2. The average Bonchev–Trinajstić information content (AvgIpc) is 3.18. The number of nitrogens with zero attached hydrogens (tertiary/aromatic N) is 1. The molecule has 0 aliphatic rings. The molecule has 0 spiro atoms. The average molecular weight is 305 g/mol. The Balaban J connectivity index is 1.99. The molecule has 2 aromatic carbocycles. The molecule has 0 aliphatic heterocycles. The Labute approximate surface area is 132 Å². The van der Waals surface area contributed by atoms with Crippen LogP contribution in [0.3, 0.4) is 0 Å². The monoisotopic (exact) mass is 305 g/mol. The normalized spacial score (nSPS) is 11.2. The van der Waals surface area contributed by atoms with Crippen molar-refractivity contribution in [3.05, 3.63) is 54.4 Å². The van der Waals surface area contributed by atoms with Crippen LogP contribution < -0.4 is 0 Å². The van der Waals surface area contributed by atoms with Crippen molar-refractivity contribution in [1.29, 1.82) is 0 Å². The number of hydrogen-bond acceptors (Lipinski definition) is 3. The number of aromatic amines is 2. The largest absolute Gasteiger partial charge is 0.461 e. The topological polar surface area (TPSA) is 70.8 Å². The van der Waals surface area contributed by atoms with Crippen LogP contribution in [-0.2, 0) is 4.74 Å². The lowest BCUT2D eigenvalue weighted by Crippen LogP contribution is -2.06. The first-order valence-corrected chi connectivity index (χ1v) is 7.49. The second-order valence-corrected chi connectivity index (χ2v) is 5.31. The van der Waals surface area contributed by atoms with Crippen molar-refractivity contribution in [2.75, 3.05) is 6.61 Å². The smallest absolute Gasteiger partial charge is 0.355 e. The van der Waals surface area contributed by atoms with Gasteiger partial charge in [0.2, 0.25) is 0 Å². The van der Waals surface area contributed by atoms with Gasteiger partial charge >= 0.3 is 5.97 Å². The quantitative estimate of drug-likeness (QED) is 0.564. The summed E-state index contributed by atoms with van der Waals surface area (Å²) in [7, 11) is 0. The number of H-pyrrole nitrogens is 2. The van der Waals surface area contributed by atoms with Crippen molar-refractivity contribution >= 4 is 27.8 Å². The van der Waals surface area contributed by atoms with Crippen LogP contribution >= 0.6 is 0 Å². The molecule has 23 heavy (non-hydrogen) atoms. The van der Waals surface area contributed by atoms with Gasteiger partial charge in [0.25, 0.3) is 0 Å². The van der Waals surface area contributed by atoms with Gasteiger partial charge in [0.1, 0.15) is 5.69 Å². The highest BCUT2D eigenvalue weighted by molar-refractivity contribution is 6.08. The molecule has 0 saturated heterocycles. The van der Waals surface area contributed by atoms with E-state index >= 15 is 0 Å². The van der Waals surface area contributed by atoms with Gasteiger partial charge in [-0.1, -0.05) is 24.3 Å². The van der Waals surface area contributed by atoms with Gasteiger partial charge < -0.3 is 9.72 Å². The highest BCUT2D eigenvalue weighted by atomic mass is 16.5. The highest BCUT2D eigenvalue weighted by Crippen LogP contribution is 2.34. The maximum atomic E-state index is 12.4. The number of nitrogens with one attached hydrogen (secondary N) is 2. The van der Waals surface area contributed by atoms with E-state index in [0.29, 0.717) is 12.3 Å². The highest BCUT2D eigenvalue weighted by Gasteiger charge is 2.20. The summed E-state index contributed by atoms with van der Waals surface area (Å²) in [6.07, 6.45) is 1.78. The predicted molar refractivity (Wildman–Crippen MR) is 89.3 cm³/mol. The van der Waals surface area contributed by atoms with Crippen molar-refractivity contribution < 1.29 is 9.53 Å². The number of aromatic nitrogens is 3. The first-order chi connectivity index (χ1) is 11.3. The molecule has 2 aromatic heterocycles. The Kier molecular flexibility index (Phi) is 3.12. The molecule has 0 fully saturated rings. The molecule has 114 valence electrons. The van der Waals surface area contributed by atoms with Crippen LogP contribution in [0.4, 0.5) is 0 Å². The van der Waals surface area contributed by atoms with E-state index in [1.165, 1.54) is 0 Å². The summed E-state index contributed by atoms with van der Waals surface area (Å²) in [5.41, 5.74) is 4.18. The van der Waals surface area contributed by atoms with Gasteiger partial charge in [0, 0.05) is 21.9 Å². The van der Waals surface area contributed by atoms with E-state index < -0.39 is 0 Å². The van der Waals surface area contributed by atoms with E-state index in [2.05, 4.69) is 15.2 Å². The summed E-state index contributed by atoms with van der Waals surface area (Å²) in [4.78, 5) is 15.5. The Morgan fingerprint density at radius 1 is 1.17 bits per heavy atom. The van der Waals surface area contributed by atoms with Gasteiger partial charge in [-0.15, -0.1) is 0 Å². The molecule has 2 heterocycles.